The third-order valence-electron chi connectivity index (χ3n) is 10.3. The van der Waals surface area contributed by atoms with E-state index < -0.39 is 18.2 Å². The first kappa shape index (κ1) is 56.5. The number of hydrogen-bond donors (Lipinski definition) is 3. The van der Waals surface area contributed by atoms with Crippen molar-refractivity contribution in [1.29, 1.82) is 0 Å². The van der Waals surface area contributed by atoms with Crippen LogP contribution in [0.3, 0.4) is 0 Å². The molecule has 340 valence electrons. The lowest BCUT2D eigenvalue weighted by atomic mass is 10.0. The van der Waals surface area contributed by atoms with Gasteiger partial charge in [0.1, 0.15) is 6.10 Å². The van der Waals surface area contributed by atoms with E-state index in [1.807, 2.05) is 60.8 Å². The smallest absolute Gasteiger partial charge is 0.306 e. The van der Waals surface area contributed by atoms with Crippen LogP contribution >= 0.6 is 0 Å². The molecule has 0 aromatic heterocycles. The van der Waals surface area contributed by atoms with E-state index in [0.29, 0.717) is 19.3 Å². The van der Waals surface area contributed by atoms with Gasteiger partial charge in [0, 0.05) is 6.42 Å². The molecule has 0 aromatic rings. The van der Waals surface area contributed by atoms with Crippen molar-refractivity contribution in [3.63, 3.8) is 0 Å². The molecule has 0 spiro atoms. The first-order valence-corrected chi connectivity index (χ1v) is 24.2. The molecule has 1 amide bonds. The fourth-order valence-electron chi connectivity index (χ4n) is 6.66. The van der Waals surface area contributed by atoms with Crippen molar-refractivity contribution >= 4 is 11.9 Å². The van der Waals surface area contributed by atoms with Gasteiger partial charge in [0.2, 0.25) is 5.91 Å². The highest BCUT2D eigenvalue weighted by molar-refractivity contribution is 5.77. The van der Waals surface area contributed by atoms with Crippen LogP contribution in [0, 0.1) is 0 Å². The Balaban J connectivity index is 4.81. The average molecular weight is 832 g/mol. The molecule has 0 saturated heterocycles. The van der Waals surface area contributed by atoms with Gasteiger partial charge in [-0.05, 0) is 70.6 Å². The number of nitrogens with one attached hydrogen (secondary N) is 1. The van der Waals surface area contributed by atoms with Gasteiger partial charge in [0.25, 0.3) is 0 Å². The number of allylic oxidation sites excluding steroid dienone is 18. The van der Waals surface area contributed by atoms with Crippen molar-refractivity contribution in [3.8, 4) is 0 Å². The zero-order valence-electron chi connectivity index (χ0n) is 38.5. The zero-order chi connectivity index (χ0) is 43.8. The van der Waals surface area contributed by atoms with Crippen LogP contribution in [0.1, 0.15) is 194 Å². The number of ether oxygens (including phenoxy) is 1. The summed E-state index contributed by atoms with van der Waals surface area (Å²) in [5.41, 5.74) is 0. The molecule has 6 nitrogen and oxygen atoms in total. The molecule has 3 atom stereocenters. The number of aliphatic hydroxyl groups is 2. The van der Waals surface area contributed by atoms with E-state index in [9.17, 15) is 19.8 Å². The van der Waals surface area contributed by atoms with Crippen LogP contribution in [-0.4, -0.2) is 46.9 Å². The topological polar surface area (TPSA) is 95.9 Å². The van der Waals surface area contributed by atoms with E-state index in [1.165, 1.54) is 57.8 Å². The molecule has 0 aliphatic rings. The summed E-state index contributed by atoms with van der Waals surface area (Å²) in [7, 11) is 0. The van der Waals surface area contributed by atoms with Gasteiger partial charge in [0.05, 0.1) is 25.2 Å². The summed E-state index contributed by atoms with van der Waals surface area (Å²) in [6, 6.07) is -0.737. The number of unbranched alkanes of at least 4 members (excludes halogenated alkanes) is 16. The molecule has 0 heterocycles. The SMILES string of the molecule is CC\C=C/C=C/C=C/C=C\C=C\C=C\CCCC(CC(=O)NC(CO)C(O)CCCCCCCCCCCCCC)OC(=O)CCCCCC/C=C/C/C=C/C/C=C/CC. The minimum absolute atomic E-state index is 0.0105. The summed E-state index contributed by atoms with van der Waals surface area (Å²) in [6.45, 7) is 6.17. The van der Waals surface area contributed by atoms with Crippen molar-refractivity contribution in [2.75, 3.05) is 6.61 Å². The molecular formula is C54H89NO5. The van der Waals surface area contributed by atoms with E-state index in [0.717, 1.165) is 89.9 Å². The first-order chi connectivity index (χ1) is 29.5. The maximum atomic E-state index is 13.2. The van der Waals surface area contributed by atoms with Crippen LogP contribution in [0.25, 0.3) is 0 Å². The maximum Gasteiger partial charge on any atom is 0.306 e. The normalized spacial score (nSPS) is 14.3. The third kappa shape index (κ3) is 41.3. The number of rotatable bonds is 41. The fourth-order valence-corrected chi connectivity index (χ4v) is 6.66. The molecule has 0 fully saturated rings. The number of aliphatic hydroxyl groups excluding tert-OH is 2. The van der Waals surface area contributed by atoms with Crippen molar-refractivity contribution < 1.29 is 24.5 Å². The van der Waals surface area contributed by atoms with Crippen molar-refractivity contribution in [2.24, 2.45) is 0 Å². The summed E-state index contributed by atoms with van der Waals surface area (Å²) in [5, 5.41) is 23.7. The zero-order valence-corrected chi connectivity index (χ0v) is 38.5. The number of hydrogen-bond acceptors (Lipinski definition) is 5. The Morgan fingerprint density at radius 1 is 0.517 bits per heavy atom. The number of esters is 1. The van der Waals surface area contributed by atoms with Gasteiger partial charge in [-0.15, -0.1) is 0 Å². The molecule has 0 aromatic carbocycles. The molecule has 3 N–H and O–H groups in total. The summed E-state index contributed by atoms with van der Waals surface area (Å²) in [6.07, 6.45) is 62.9. The lowest BCUT2D eigenvalue weighted by Crippen LogP contribution is -2.46. The van der Waals surface area contributed by atoms with Gasteiger partial charge >= 0.3 is 5.97 Å². The maximum absolute atomic E-state index is 13.2. The molecule has 0 aliphatic carbocycles. The van der Waals surface area contributed by atoms with Crippen LogP contribution in [0.5, 0.6) is 0 Å². The molecule has 0 bridgehead atoms. The second-order valence-corrected chi connectivity index (χ2v) is 15.9. The van der Waals surface area contributed by atoms with Crippen LogP contribution in [0.4, 0.5) is 0 Å². The van der Waals surface area contributed by atoms with Gasteiger partial charge < -0.3 is 20.3 Å². The Labute approximate surface area is 368 Å². The standard InChI is InChI=1S/C54H89NO5/c1-4-7-10-13-16-19-22-25-27-28-30-33-36-39-42-45-50(60-54(59)47-44-41-38-35-32-29-26-23-20-17-14-11-8-5-2)48-53(58)55-51(49-56)52(57)46-43-40-37-34-31-24-21-18-15-12-9-6-3/h7-8,10-11,13,16-17,19-20,22,25-30,33,36,50-52,56-57H,4-6,9,12,14-15,18,21,23-24,31-32,34-35,37-49H2,1-3H3,(H,55,58)/b10-7-,11-8+,16-13+,20-17+,22-19+,27-25-,29-26+,30-28+,36-33+. The Kier molecular flexibility index (Phi) is 43.9. The molecular weight excluding hydrogens is 743 g/mol. The van der Waals surface area contributed by atoms with Gasteiger partial charge in [0.15, 0.2) is 0 Å². The van der Waals surface area contributed by atoms with Crippen molar-refractivity contribution in [3.05, 3.63) is 109 Å². The van der Waals surface area contributed by atoms with Gasteiger partial charge in [-0.1, -0.05) is 220 Å². The quantitative estimate of drug-likeness (QED) is 0.0247. The number of carbonyl (C=O) groups is 2. The second-order valence-electron chi connectivity index (χ2n) is 15.9. The van der Waals surface area contributed by atoms with Gasteiger partial charge in [-0.2, -0.15) is 0 Å². The van der Waals surface area contributed by atoms with E-state index >= 15 is 0 Å². The molecule has 3 unspecified atom stereocenters. The first-order valence-electron chi connectivity index (χ1n) is 24.2. The summed E-state index contributed by atoms with van der Waals surface area (Å²) >= 11 is 0. The predicted octanol–water partition coefficient (Wildman–Crippen LogP) is 14.3. The molecule has 60 heavy (non-hydrogen) atoms. The summed E-state index contributed by atoms with van der Waals surface area (Å²) < 4.78 is 5.87. The van der Waals surface area contributed by atoms with Gasteiger partial charge in [-0.3, -0.25) is 9.59 Å². The Morgan fingerprint density at radius 2 is 1.00 bits per heavy atom. The number of carbonyl (C=O) groups excluding carboxylic acids is 2. The summed E-state index contributed by atoms with van der Waals surface area (Å²) in [5.74, 6) is -0.587. The Bertz CT molecular complexity index is 1250. The molecule has 0 aliphatic heterocycles. The molecule has 6 heteroatoms. The molecule has 0 rings (SSSR count). The largest absolute Gasteiger partial charge is 0.462 e. The molecule has 0 radical (unpaired) electrons. The average Bonchev–Trinajstić information content (AvgIpc) is 3.24. The fraction of sp³-hybridized carbons (Fsp3) is 0.630. The van der Waals surface area contributed by atoms with Gasteiger partial charge in [-0.25, -0.2) is 0 Å². The predicted molar refractivity (Wildman–Crippen MR) is 259 cm³/mol. The minimum Gasteiger partial charge on any atom is -0.462 e. The minimum atomic E-state index is -0.817. The van der Waals surface area contributed by atoms with E-state index in [4.69, 9.17) is 4.74 Å². The highest BCUT2D eigenvalue weighted by Crippen LogP contribution is 2.16. The Hall–Kier alpha value is -3.48. The van der Waals surface area contributed by atoms with Crippen molar-refractivity contribution in [2.45, 2.75) is 212 Å². The van der Waals surface area contributed by atoms with E-state index in [2.05, 4.69) is 74.7 Å². The lowest BCUT2D eigenvalue weighted by molar-refractivity contribution is -0.151. The lowest BCUT2D eigenvalue weighted by Gasteiger charge is -2.24. The molecule has 0 saturated carbocycles. The monoisotopic (exact) mass is 832 g/mol. The van der Waals surface area contributed by atoms with Crippen LogP contribution < -0.4 is 5.32 Å². The number of amides is 1. The van der Waals surface area contributed by atoms with E-state index in [1.54, 1.807) is 0 Å². The van der Waals surface area contributed by atoms with Crippen LogP contribution in [0.15, 0.2) is 109 Å². The highest BCUT2D eigenvalue weighted by Gasteiger charge is 2.24. The summed E-state index contributed by atoms with van der Waals surface area (Å²) in [4.78, 5) is 26.1. The Morgan fingerprint density at radius 3 is 1.58 bits per heavy atom. The third-order valence-corrected chi connectivity index (χ3v) is 10.3. The van der Waals surface area contributed by atoms with Crippen LogP contribution in [0.2, 0.25) is 0 Å². The van der Waals surface area contributed by atoms with Crippen molar-refractivity contribution in [1.82, 2.24) is 5.32 Å². The van der Waals surface area contributed by atoms with E-state index in [-0.39, 0.29) is 24.9 Å². The highest BCUT2D eigenvalue weighted by atomic mass is 16.5. The van der Waals surface area contributed by atoms with Crippen LogP contribution in [-0.2, 0) is 14.3 Å². The second kappa shape index (κ2) is 46.6.